The summed E-state index contributed by atoms with van der Waals surface area (Å²) in [5, 5.41) is 0.870. The van der Waals surface area contributed by atoms with Gasteiger partial charge in [-0.25, -0.2) is 4.98 Å². The molecule has 1 aliphatic carbocycles. The largest absolute Gasteiger partial charge is 0.390 e. The number of hydrogen-bond donors (Lipinski definition) is 1. The van der Waals surface area contributed by atoms with Gasteiger partial charge in [-0.1, -0.05) is 12.1 Å². The minimum Gasteiger partial charge on any atom is -0.390 e. The van der Waals surface area contributed by atoms with Crippen molar-refractivity contribution < 1.29 is 0 Å². The van der Waals surface area contributed by atoms with E-state index in [1.54, 1.807) is 11.3 Å². The van der Waals surface area contributed by atoms with Crippen LogP contribution in [0.25, 0.3) is 22.4 Å². The molecular weight excluding hydrogens is 254 g/mol. The average Bonchev–Trinajstić information content (AvgIpc) is 3.07. The lowest BCUT2D eigenvalue weighted by Crippen LogP contribution is -1.98. The number of nitrogens with zero attached hydrogens (tertiary/aromatic N) is 2. The smallest absolute Gasteiger partial charge is 0.144 e. The van der Waals surface area contributed by atoms with Gasteiger partial charge in [0.25, 0.3) is 0 Å². The van der Waals surface area contributed by atoms with Gasteiger partial charge in [0, 0.05) is 10.9 Å². The lowest BCUT2D eigenvalue weighted by Gasteiger charge is -2.06. The highest BCUT2D eigenvalue weighted by atomic mass is 32.1. The molecule has 2 heterocycles. The van der Waals surface area contributed by atoms with Gasteiger partial charge in [-0.2, -0.15) is 0 Å². The van der Waals surface area contributed by atoms with E-state index in [0.29, 0.717) is 6.04 Å². The minimum atomic E-state index is 0.599. The van der Waals surface area contributed by atoms with Crippen molar-refractivity contribution in [1.82, 2.24) is 9.55 Å². The number of aryl methyl sites for hydroxylation is 1. The van der Waals surface area contributed by atoms with Crippen molar-refractivity contribution in [2.75, 3.05) is 5.73 Å². The Bertz CT molecular complexity index is 765. The molecule has 2 N–H and O–H groups in total. The van der Waals surface area contributed by atoms with Crippen LogP contribution in [0.15, 0.2) is 30.3 Å². The molecule has 0 radical (unpaired) electrons. The zero-order valence-electron chi connectivity index (χ0n) is 10.8. The van der Waals surface area contributed by atoms with Crippen LogP contribution in [0, 0.1) is 6.92 Å². The van der Waals surface area contributed by atoms with Gasteiger partial charge in [-0.15, -0.1) is 11.3 Å². The molecule has 0 aliphatic heterocycles. The summed E-state index contributed by atoms with van der Waals surface area (Å²) >= 11 is 1.64. The lowest BCUT2D eigenvalue weighted by atomic mass is 10.2. The van der Waals surface area contributed by atoms with Crippen molar-refractivity contribution >= 4 is 27.4 Å². The van der Waals surface area contributed by atoms with Crippen molar-refractivity contribution in [1.29, 1.82) is 0 Å². The van der Waals surface area contributed by atoms with Gasteiger partial charge in [0.1, 0.15) is 5.82 Å². The third-order valence-corrected chi connectivity index (χ3v) is 4.51. The molecule has 0 amide bonds. The fourth-order valence-corrected chi connectivity index (χ4v) is 3.43. The van der Waals surface area contributed by atoms with Crippen LogP contribution in [0.4, 0.5) is 5.00 Å². The Hall–Kier alpha value is -1.81. The van der Waals surface area contributed by atoms with Gasteiger partial charge < -0.3 is 10.3 Å². The number of nitrogen functional groups attached to an aromatic ring is 1. The third kappa shape index (κ3) is 1.67. The predicted octanol–water partition coefficient (Wildman–Crippen LogP) is 3.99. The summed E-state index contributed by atoms with van der Waals surface area (Å²) < 4.78 is 2.37. The van der Waals surface area contributed by atoms with Gasteiger partial charge in [-0.3, -0.25) is 0 Å². The van der Waals surface area contributed by atoms with Crippen molar-refractivity contribution in [2.45, 2.75) is 25.8 Å². The highest BCUT2D eigenvalue weighted by Crippen LogP contribution is 2.43. The molecule has 0 atom stereocenters. The zero-order chi connectivity index (χ0) is 13.0. The van der Waals surface area contributed by atoms with Gasteiger partial charge in [-0.05, 0) is 38.0 Å². The summed E-state index contributed by atoms with van der Waals surface area (Å²) in [6.07, 6.45) is 2.49. The fraction of sp³-hybridized carbons (Fsp3) is 0.267. The van der Waals surface area contributed by atoms with E-state index in [1.165, 1.54) is 23.2 Å². The van der Waals surface area contributed by atoms with E-state index in [9.17, 15) is 0 Å². The molecule has 4 rings (SSSR count). The SMILES string of the molecule is Cc1cc(-c2nc3ccccc3n2C2CC2)c(N)s1. The minimum absolute atomic E-state index is 0.599. The Labute approximate surface area is 115 Å². The highest BCUT2D eigenvalue weighted by Gasteiger charge is 2.29. The maximum absolute atomic E-state index is 6.15. The van der Waals surface area contributed by atoms with Gasteiger partial charge in [0.2, 0.25) is 0 Å². The molecule has 0 saturated heterocycles. The molecule has 1 aliphatic rings. The summed E-state index contributed by atoms with van der Waals surface area (Å²) in [5.74, 6) is 1.03. The van der Waals surface area contributed by atoms with Gasteiger partial charge >= 0.3 is 0 Å². The number of fused-ring (bicyclic) bond motifs is 1. The fourth-order valence-electron chi connectivity index (χ4n) is 2.64. The normalized spacial score (nSPS) is 15.2. The first-order valence-corrected chi connectivity index (χ1v) is 7.39. The topological polar surface area (TPSA) is 43.8 Å². The Morgan fingerprint density at radius 2 is 2.11 bits per heavy atom. The maximum atomic E-state index is 6.15. The second-order valence-corrected chi connectivity index (χ2v) is 6.45. The van der Waals surface area contributed by atoms with Crippen LogP contribution < -0.4 is 5.73 Å². The summed E-state index contributed by atoms with van der Waals surface area (Å²) in [5.41, 5.74) is 9.53. The van der Waals surface area contributed by atoms with Crippen LogP contribution in [0.3, 0.4) is 0 Å². The standard InChI is InChI=1S/C15H15N3S/c1-9-8-11(14(16)19-9)15-17-12-4-2-3-5-13(12)18(15)10-6-7-10/h2-5,8,10H,6-7,16H2,1H3. The van der Waals surface area contributed by atoms with Crippen LogP contribution >= 0.6 is 11.3 Å². The third-order valence-electron chi connectivity index (χ3n) is 3.63. The Kier molecular flexibility index (Phi) is 2.23. The number of anilines is 1. The van der Waals surface area contributed by atoms with E-state index in [0.717, 1.165) is 21.9 Å². The van der Waals surface area contributed by atoms with Gasteiger partial charge in [0.15, 0.2) is 0 Å². The maximum Gasteiger partial charge on any atom is 0.144 e. The molecule has 3 nitrogen and oxygen atoms in total. The van der Waals surface area contributed by atoms with Crippen molar-refractivity contribution in [2.24, 2.45) is 0 Å². The quantitative estimate of drug-likeness (QED) is 0.764. The Morgan fingerprint density at radius 3 is 2.79 bits per heavy atom. The first kappa shape index (κ1) is 11.1. The number of hydrogen-bond acceptors (Lipinski definition) is 3. The monoisotopic (exact) mass is 269 g/mol. The second kappa shape index (κ2) is 3.84. The van der Waals surface area contributed by atoms with Gasteiger partial charge in [0.05, 0.1) is 21.6 Å². The highest BCUT2D eigenvalue weighted by molar-refractivity contribution is 7.16. The molecule has 1 aromatic carbocycles. The van der Waals surface area contributed by atoms with E-state index in [2.05, 4.69) is 35.8 Å². The zero-order valence-corrected chi connectivity index (χ0v) is 11.6. The number of para-hydroxylation sites is 2. The molecule has 3 aromatic rings. The summed E-state index contributed by atoms with van der Waals surface area (Å²) in [6, 6.07) is 11.1. The molecule has 4 heteroatoms. The molecule has 1 saturated carbocycles. The lowest BCUT2D eigenvalue weighted by molar-refractivity contribution is 0.776. The second-order valence-electron chi connectivity index (χ2n) is 5.16. The summed E-state index contributed by atoms with van der Waals surface area (Å²) in [7, 11) is 0. The van der Waals surface area contributed by atoms with E-state index < -0.39 is 0 Å². The molecule has 0 bridgehead atoms. The molecule has 0 spiro atoms. The Balaban J connectivity index is 2.03. The number of nitrogens with two attached hydrogens (primary N) is 1. The number of thiophene rings is 1. The molecule has 96 valence electrons. The van der Waals surface area contributed by atoms with Crippen LogP contribution in [-0.2, 0) is 0 Å². The van der Waals surface area contributed by atoms with Crippen LogP contribution in [-0.4, -0.2) is 9.55 Å². The van der Waals surface area contributed by atoms with Crippen LogP contribution in [0.1, 0.15) is 23.8 Å². The molecule has 0 unspecified atom stereocenters. The number of imidazole rings is 1. The van der Waals surface area contributed by atoms with E-state index in [1.807, 2.05) is 6.07 Å². The van der Waals surface area contributed by atoms with E-state index >= 15 is 0 Å². The molecule has 2 aromatic heterocycles. The number of aromatic nitrogens is 2. The summed E-state index contributed by atoms with van der Waals surface area (Å²) in [4.78, 5) is 6.05. The van der Waals surface area contributed by atoms with E-state index in [4.69, 9.17) is 10.7 Å². The first-order valence-electron chi connectivity index (χ1n) is 6.57. The van der Waals surface area contributed by atoms with Crippen molar-refractivity contribution in [3.8, 4) is 11.4 Å². The first-order chi connectivity index (χ1) is 9.24. The number of rotatable bonds is 2. The molecule has 19 heavy (non-hydrogen) atoms. The average molecular weight is 269 g/mol. The van der Waals surface area contributed by atoms with Crippen molar-refractivity contribution in [3.05, 3.63) is 35.2 Å². The van der Waals surface area contributed by atoms with Crippen molar-refractivity contribution in [3.63, 3.8) is 0 Å². The van der Waals surface area contributed by atoms with Crippen LogP contribution in [0.5, 0.6) is 0 Å². The summed E-state index contributed by atoms with van der Waals surface area (Å²) in [6.45, 7) is 2.09. The molecule has 1 fully saturated rings. The predicted molar refractivity (Wildman–Crippen MR) is 80.5 cm³/mol. The van der Waals surface area contributed by atoms with Crippen LogP contribution in [0.2, 0.25) is 0 Å². The molecular formula is C15H15N3S. The Morgan fingerprint density at radius 1 is 1.32 bits per heavy atom. The number of benzene rings is 1. The van der Waals surface area contributed by atoms with E-state index in [-0.39, 0.29) is 0 Å².